The zero-order valence-corrected chi connectivity index (χ0v) is 11.3. The van der Waals surface area contributed by atoms with Crippen molar-refractivity contribution in [2.24, 2.45) is 0 Å². The van der Waals surface area contributed by atoms with Crippen LogP contribution < -0.4 is 0 Å². The molecular weight excluding hydrogens is 322 g/mol. The molecule has 2 aromatic carbocycles. The van der Waals surface area contributed by atoms with E-state index in [9.17, 15) is 9.18 Å². The molecule has 0 aliphatic heterocycles. The van der Waals surface area contributed by atoms with Crippen LogP contribution in [0.5, 0.6) is 0 Å². The fourth-order valence-electron chi connectivity index (χ4n) is 1.57. The number of carboxylic acid groups (broad SMARTS) is 1. The van der Waals surface area contributed by atoms with Crippen molar-refractivity contribution in [2.45, 2.75) is 0 Å². The molecule has 0 radical (unpaired) electrons. The van der Waals surface area contributed by atoms with E-state index in [-0.39, 0.29) is 10.6 Å². The molecule has 0 unspecified atom stereocenters. The van der Waals surface area contributed by atoms with E-state index in [1.54, 1.807) is 12.1 Å². The molecule has 0 fully saturated rings. The Labute approximate surface area is 116 Å². The van der Waals surface area contributed by atoms with Crippen molar-refractivity contribution in [2.75, 3.05) is 0 Å². The largest absolute Gasteiger partial charge is 0.478 e. The maximum atomic E-state index is 13.7. The van der Waals surface area contributed by atoms with Crippen molar-refractivity contribution in [3.8, 4) is 11.1 Å². The Morgan fingerprint density at radius 1 is 1.17 bits per heavy atom. The first kappa shape index (κ1) is 13.1. The van der Waals surface area contributed by atoms with Gasteiger partial charge in [-0.2, -0.15) is 0 Å². The average Bonchev–Trinajstić information content (AvgIpc) is 2.32. The van der Waals surface area contributed by atoms with Gasteiger partial charge in [0.25, 0.3) is 0 Å². The molecule has 0 bridgehead atoms. The van der Waals surface area contributed by atoms with Crippen molar-refractivity contribution >= 4 is 33.5 Å². The van der Waals surface area contributed by atoms with Crippen LogP contribution in [-0.4, -0.2) is 11.1 Å². The van der Waals surface area contributed by atoms with Crippen molar-refractivity contribution in [1.82, 2.24) is 0 Å². The second-order valence-corrected chi connectivity index (χ2v) is 4.95. The summed E-state index contributed by atoms with van der Waals surface area (Å²) in [5.41, 5.74) is 0.853. The predicted octanol–water partition coefficient (Wildman–Crippen LogP) is 4.61. The highest BCUT2D eigenvalue weighted by Gasteiger charge is 2.12. The van der Waals surface area contributed by atoms with Gasteiger partial charge < -0.3 is 5.11 Å². The Morgan fingerprint density at radius 2 is 1.89 bits per heavy atom. The molecule has 0 amide bonds. The summed E-state index contributed by atoms with van der Waals surface area (Å²) in [5, 5.41) is 9.03. The highest BCUT2D eigenvalue weighted by molar-refractivity contribution is 9.10. The SMILES string of the molecule is O=C(O)c1ccc(-c2cc(Br)ccc2F)c(Cl)c1. The first-order valence-corrected chi connectivity index (χ1v) is 6.14. The maximum Gasteiger partial charge on any atom is 0.335 e. The van der Waals surface area contributed by atoms with Gasteiger partial charge in [-0.05, 0) is 30.3 Å². The van der Waals surface area contributed by atoms with Crippen LogP contribution in [0.2, 0.25) is 5.02 Å². The number of rotatable bonds is 2. The minimum Gasteiger partial charge on any atom is -0.478 e. The van der Waals surface area contributed by atoms with Crippen molar-refractivity contribution < 1.29 is 14.3 Å². The molecule has 2 aromatic rings. The molecule has 0 aliphatic rings. The Hall–Kier alpha value is -1.39. The molecule has 1 N–H and O–H groups in total. The second kappa shape index (κ2) is 5.08. The van der Waals surface area contributed by atoms with Crippen LogP contribution in [-0.2, 0) is 0 Å². The van der Waals surface area contributed by atoms with Crippen LogP contribution >= 0.6 is 27.5 Å². The third-order valence-corrected chi connectivity index (χ3v) is 3.24. The summed E-state index contributed by atoms with van der Waals surface area (Å²) < 4.78 is 14.4. The summed E-state index contributed by atoms with van der Waals surface area (Å²) in [6, 6.07) is 8.69. The lowest BCUT2D eigenvalue weighted by Crippen LogP contribution is -1.96. The first-order chi connectivity index (χ1) is 8.49. The zero-order chi connectivity index (χ0) is 13.3. The molecule has 5 heteroatoms. The van der Waals surface area contributed by atoms with E-state index in [0.29, 0.717) is 11.1 Å². The Balaban J connectivity index is 2.58. The Kier molecular flexibility index (Phi) is 3.68. The molecular formula is C13H7BrClFO2. The molecule has 2 nitrogen and oxygen atoms in total. The number of carbonyl (C=O) groups is 1. The van der Waals surface area contributed by atoms with Crippen LogP contribution in [0.3, 0.4) is 0 Å². The number of carboxylic acids is 1. The summed E-state index contributed by atoms with van der Waals surface area (Å²) in [6.07, 6.45) is 0. The topological polar surface area (TPSA) is 37.3 Å². The fraction of sp³-hybridized carbons (Fsp3) is 0. The van der Waals surface area contributed by atoms with Gasteiger partial charge in [-0.15, -0.1) is 0 Å². The minimum absolute atomic E-state index is 0.0687. The number of halogens is 3. The lowest BCUT2D eigenvalue weighted by atomic mass is 10.0. The number of aromatic carboxylic acids is 1. The standard InChI is InChI=1S/C13H7BrClFO2/c14-8-2-4-12(16)10(6-8)9-3-1-7(13(17)18)5-11(9)15/h1-6H,(H,17,18). The average molecular weight is 330 g/mol. The number of hydrogen-bond acceptors (Lipinski definition) is 1. The van der Waals surface area contributed by atoms with Gasteiger partial charge in [0.15, 0.2) is 0 Å². The van der Waals surface area contributed by atoms with Crippen LogP contribution in [0.25, 0.3) is 11.1 Å². The van der Waals surface area contributed by atoms with E-state index in [2.05, 4.69) is 15.9 Å². The molecule has 0 aromatic heterocycles. The first-order valence-electron chi connectivity index (χ1n) is 4.97. The van der Waals surface area contributed by atoms with E-state index in [1.807, 2.05) is 0 Å². The normalized spacial score (nSPS) is 10.4. The number of benzene rings is 2. The summed E-state index contributed by atoms with van der Waals surface area (Å²) in [4.78, 5) is 10.8. The molecule has 92 valence electrons. The molecule has 0 atom stereocenters. The third-order valence-electron chi connectivity index (χ3n) is 2.43. The van der Waals surface area contributed by atoms with E-state index >= 15 is 0 Å². The van der Waals surface area contributed by atoms with E-state index in [1.165, 1.54) is 24.3 Å². The second-order valence-electron chi connectivity index (χ2n) is 3.62. The fourth-order valence-corrected chi connectivity index (χ4v) is 2.21. The van der Waals surface area contributed by atoms with Crippen LogP contribution in [0, 0.1) is 5.82 Å². The van der Waals surface area contributed by atoms with E-state index in [0.717, 1.165) is 4.47 Å². The van der Waals surface area contributed by atoms with Gasteiger partial charge in [-0.25, -0.2) is 9.18 Å². The van der Waals surface area contributed by atoms with Gasteiger partial charge in [-0.1, -0.05) is 33.6 Å². The lowest BCUT2D eigenvalue weighted by molar-refractivity contribution is 0.0697. The molecule has 0 spiro atoms. The molecule has 0 heterocycles. The smallest absolute Gasteiger partial charge is 0.335 e. The Bertz CT molecular complexity index is 628. The quantitative estimate of drug-likeness (QED) is 0.874. The molecule has 0 aliphatic carbocycles. The predicted molar refractivity (Wildman–Crippen MR) is 71.5 cm³/mol. The highest BCUT2D eigenvalue weighted by Crippen LogP contribution is 2.32. The van der Waals surface area contributed by atoms with Crippen molar-refractivity contribution in [1.29, 1.82) is 0 Å². The van der Waals surface area contributed by atoms with Gasteiger partial charge in [0, 0.05) is 20.6 Å². The Morgan fingerprint density at radius 3 is 2.50 bits per heavy atom. The van der Waals surface area contributed by atoms with Crippen LogP contribution in [0.4, 0.5) is 4.39 Å². The molecule has 0 saturated carbocycles. The maximum absolute atomic E-state index is 13.7. The van der Waals surface area contributed by atoms with Crippen molar-refractivity contribution in [3.05, 3.63) is 57.3 Å². The summed E-state index contributed by atoms with van der Waals surface area (Å²) >= 11 is 9.24. The molecule has 0 saturated heterocycles. The third kappa shape index (κ3) is 2.54. The van der Waals surface area contributed by atoms with Gasteiger partial charge in [0.1, 0.15) is 5.82 Å². The van der Waals surface area contributed by atoms with Gasteiger partial charge in [0.2, 0.25) is 0 Å². The zero-order valence-electron chi connectivity index (χ0n) is 8.95. The van der Waals surface area contributed by atoms with Crippen molar-refractivity contribution in [3.63, 3.8) is 0 Å². The molecule has 18 heavy (non-hydrogen) atoms. The monoisotopic (exact) mass is 328 g/mol. The number of hydrogen-bond donors (Lipinski definition) is 1. The van der Waals surface area contributed by atoms with Crippen LogP contribution in [0.15, 0.2) is 40.9 Å². The summed E-state index contributed by atoms with van der Waals surface area (Å²) in [5.74, 6) is -1.48. The van der Waals surface area contributed by atoms with E-state index < -0.39 is 11.8 Å². The highest BCUT2D eigenvalue weighted by atomic mass is 79.9. The lowest BCUT2D eigenvalue weighted by Gasteiger charge is -2.07. The summed E-state index contributed by atoms with van der Waals surface area (Å²) in [6.45, 7) is 0. The summed E-state index contributed by atoms with van der Waals surface area (Å²) in [7, 11) is 0. The van der Waals surface area contributed by atoms with Gasteiger partial charge >= 0.3 is 5.97 Å². The molecule has 2 rings (SSSR count). The van der Waals surface area contributed by atoms with Gasteiger partial charge in [-0.3, -0.25) is 0 Å². The van der Waals surface area contributed by atoms with Crippen LogP contribution in [0.1, 0.15) is 10.4 Å². The van der Waals surface area contributed by atoms with Gasteiger partial charge in [0.05, 0.1) is 5.56 Å². The minimum atomic E-state index is -1.07. The van der Waals surface area contributed by atoms with E-state index in [4.69, 9.17) is 16.7 Å².